The molecule has 0 fully saturated rings. The molecule has 0 aliphatic carbocycles. The van der Waals surface area contributed by atoms with Gasteiger partial charge in [0.05, 0.1) is 7.11 Å². The Kier molecular flexibility index (Phi) is 5.91. The number of hydrogen-bond acceptors (Lipinski definition) is 8. The summed E-state index contributed by atoms with van der Waals surface area (Å²) in [6.07, 6.45) is 1.36. The SMILES string of the molecule is COc1cc(/C=C2\N=C(c3cccc(F)c3)OC2=O)cc(OC(C)=O)c1OC(C)=O. The van der Waals surface area contributed by atoms with E-state index in [2.05, 4.69) is 4.99 Å². The third kappa shape index (κ3) is 4.69. The molecule has 1 aliphatic rings. The topological polar surface area (TPSA) is 100 Å². The highest BCUT2D eigenvalue weighted by molar-refractivity contribution is 6.12. The molecular formula is C21H16FNO7. The Balaban J connectivity index is 2.04. The predicted octanol–water partition coefficient (Wildman–Crippen LogP) is 3.03. The summed E-state index contributed by atoms with van der Waals surface area (Å²) in [7, 11) is 1.33. The second-order valence-corrected chi connectivity index (χ2v) is 6.08. The summed E-state index contributed by atoms with van der Waals surface area (Å²) in [6.45, 7) is 2.36. The maximum Gasteiger partial charge on any atom is 0.363 e. The second-order valence-electron chi connectivity index (χ2n) is 6.08. The minimum atomic E-state index is -0.744. The molecule has 0 bridgehead atoms. The van der Waals surface area contributed by atoms with Crippen molar-refractivity contribution in [1.29, 1.82) is 0 Å². The zero-order valence-electron chi connectivity index (χ0n) is 16.2. The fourth-order valence-corrected chi connectivity index (χ4v) is 2.62. The largest absolute Gasteiger partial charge is 0.493 e. The third-order valence-electron chi connectivity index (χ3n) is 3.76. The number of benzene rings is 2. The van der Waals surface area contributed by atoms with Crippen LogP contribution >= 0.6 is 0 Å². The van der Waals surface area contributed by atoms with Gasteiger partial charge >= 0.3 is 17.9 Å². The number of ether oxygens (including phenoxy) is 4. The average Bonchev–Trinajstić information content (AvgIpc) is 3.03. The molecule has 0 spiro atoms. The molecule has 9 heteroatoms. The van der Waals surface area contributed by atoms with Crippen molar-refractivity contribution in [3.8, 4) is 17.2 Å². The van der Waals surface area contributed by atoms with Crippen molar-refractivity contribution in [2.24, 2.45) is 4.99 Å². The van der Waals surface area contributed by atoms with Crippen LogP contribution in [-0.4, -0.2) is 30.9 Å². The number of hydrogen-bond donors (Lipinski definition) is 0. The van der Waals surface area contributed by atoms with Crippen molar-refractivity contribution >= 4 is 29.9 Å². The fraction of sp³-hybridized carbons (Fsp3) is 0.143. The zero-order chi connectivity index (χ0) is 21.8. The van der Waals surface area contributed by atoms with Crippen molar-refractivity contribution < 1.29 is 37.7 Å². The van der Waals surface area contributed by atoms with E-state index >= 15 is 0 Å². The van der Waals surface area contributed by atoms with Crippen LogP contribution in [-0.2, 0) is 19.1 Å². The highest BCUT2D eigenvalue weighted by Crippen LogP contribution is 2.40. The molecule has 0 unspecified atom stereocenters. The summed E-state index contributed by atoms with van der Waals surface area (Å²) < 4.78 is 33.9. The Hall–Kier alpha value is -4.01. The van der Waals surface area contributed by atoms with Crippen LogP contribution in [0.2, 0.25) is 0 Å². The van der Waals surface area contributed by atoms with Crippen LogP contribution in [0.3, 0.4) is 0 Å². The fourth-order valence-electron chi connectivity index (χ4n) is 2.62. The number of carbonyl (C=O) groups is 3. The molecule has 0 amide bonds. The van der Waals surface area contributed by atoms with Crippen molar-refractivity contribution in [3.63, 3.8) is 0 Å². The van der Waals surface area contributed by atoms with Crippen LogP contribution < -0.4 is 14.2 Å². The maximum atomic E-state index is 13.4. The minimum absolute atomic E-state index is 0.0468. The van der Waals surface area contributed by atoms with Gasteiger partial charge in [0.15, 0.2) is 17.2 Å². The predicted molar refractivity (Wildman–Crippen MR) is 103 cm³/mol. The summed E-state index contributed by atoms with van der Waals surface area (Å²) >= 11 is 0. The van der Waals surface area contributed by atoms with Crippen LogP contribution in [0.1, 0.15) is 25.0 Å². The van der Waals surface area contributed by atoms with Gasteiger partial charge in [-0.15, -0.1) is 0 Å². The van der Waals surface area contributed by atoms with E-state index in [0.717, 1.165) is 0 Å². The van der Waals surface area contributed by atoms with E-state index in [1.165, 1.54) is 57.4 Å². The van der Waals surface area contributed by atoms with E-state index in [0.29, 0.717) is 11.1 Å². The van der Waals surface area contributed by atoms with Crippen LogP contribution in [0.15, 0.2) is 47.1 Å². The maximum absolute atomic E-state index is 13.4. The first-order valence-electron chi connectivity index (χ1n) is 8.64. The lowest BCUT2D eigenvalue weighted by molar-refractivity contribution is -0.134. The second kappa shape index (κ2) is 8.56. The smallest absolute Gasteiger partial charge is 0.363 e. The van der Waals surface area contributed by atoms with Gasteiger partial charge in [-0.05, 0) is 42.0 Å². The number of cyclic esters (lactones) is 1. The standard InChI is InChI=1S/C21H16FNO7/c1-11(24)28-18-9-13(8-17(27-3)19(18)29-12(2)25)7-16-21(26)30-20(23-16)14-5-4-6-15(22)10-14/h4-10H,1-3H3/b16-7-. The molecule has 0 N–H and O–H groups in total. The quantitative estimate of drug-likeness (QED) is 0.422. The number of rotatable bonds is 5. The molecule has 0 radical (unpaired) electrons. The van der Waals surface area contributed by atoms with Crippen LogP contribution in [0.25, 0.3) is 6.08 Å². The summed E-state index contributed by atoms with van der Waals surface area (Å²) in [4.78, 5) is 39.1. The van der Waals surface area contributed by atoms with Gasteiger partial charge in [-0.2, -0.15) is 0 Å². The number of aliphatic imine (C=N–C) groups is 1. The first-order valence-corrected chi connectivity index (χ1v) is 8.64. The Bertz CT molecular complexity index is 1100. The molecule has 8 nitrogen and oxygen atoms in total. The van der Waals surface area contributed by atoms with Crippen LogP contribution in [0.5, 0.6) is 17.2 Å². The Morgan fingerprint density at radius 3 is 2.40 bits per heavy atom. The number of carbonyl (C=O) groups excluding carboxylic acids is 3. The molecular weight excluding hydrogens is 397 g/mol. The van der Waals surface area contributed by atoms with Gasteiger partial charge in [0.25, 0.3) is 0 Å². The van der Waals surface area contributed by atoms with E-state index < -0.39 is 23.7 Å². The molecule has 30 heavy (non-hydrogen) atoms. The normalized spacial score (nSPS) is 14.2. The van der Waals surface area contributed by atoms with Crippen molar-refractivity contribution in [1.82, 2.24) is 0 Å². The highest BCUT2D eigenvalue weighted by atomic mass is 19.1. The lowest BCUT2D eigenvalue weighted by atomic mass is 10.1. The summed E-state index contributed by atoms with van der Waals surface area (Å²) in [5.41, 5.74) is 0.593. The molecule has 154 valence electrons. The van der Waals surface area contributed by atoms with E-state index in [9.17, 15) is 18.8 Å². The monoisotopic (exact) mass is 413 g/mol. The Morgan fingerprint density at radius 2 is 1.77 bits per heavy atom. The summed E-state index contributed by atoms with van der Waals surface area (Å²) in [5.74, 6) is -2.65. The summed E-state index contributed by atoms with van der Waals surface area (Å²) in [5, 5.41) is 0. The molecule has 0 aromatic heterocycles. The number of nitrogens with zero attached hydrogens (tertiary/aromatic N) is 1. The van der Waals surface area contributed by atoms with Gasteiger partial charge in [-0.3, -0.25) is 9.59 Å². The Labute approximate surface area is 170 Å². The van der Waals surface area contributed by atoms with Gasteiger partial charge in [-0.1, -0.05) is 6.07 Å². The first kappa shape index (κ1) is 20.7. The van der Waals surface area contributed by atoms with E-state index in [1.54, 1.807) is 6.07 Å². The van der Waals surface area contributed by atoms with Crippen LogP contribution in [0, 0.1) is 5.82 Å². The lowest BCUT2D eigenvalue weighted by Gasteiger charge is -2.13. The molecule has 2 aromatic rings. The number of methoxy groups -OCH3 is 1. The van der Waals surface area contributed by atoms with E-state index in [1.807, 2.05) is 0 Å². The molecule has 0 atom stereocenters. The van der Waals surface area contributed by atoms with Gasteiger partial charge in [-0.25, -0.2) is 14.2 Å². The number of halogens is 1. The molecule has 3 rings (SSSR count). The molecule has 1 heterocycles. The lowest BCUT2D eigenvalue weighted by Crippen LogP contribution is -2.08. The third-order valence-corrected chi connectivity index (χ3v) is 3.76. The van der Waals surface area contributed by atoms with Gasteiger partial charge in [0, 0.05) is 19.4 Å². The van der Waals surface area contributed by atoms with Crippen LogP contribution in [0.4, 0.5) is 4.39 Å². The molecule has 0 saturated heterocycles. The van der Waals surface area contributed by atoms with Gasteiger partial charge in [0.1, 0.15) is 5.82 Å². The van der Waals surface area contributed by atoms with Crippen molar-refractivity contribution in [3.05, 3.63) is 59.0 Å². The molecule has 2 aromatic carbocycles. The number of esters is 3. The van der Waals surface area contributed by atoms with E-state index in [4.69, 9.17) is 18.9 Å². The average molecular weight is 413 g/mol. The van der Waals surface area contributed by atoms with Crippen molar-refractivity contribution in [2.75, 3.05) is 7.11 Å². The highest BCUT2D eigenvalue weighted by Gasteiger charge is 2.25. The van der Waals surface area contributed by atoms with E-state index in [-0.39, 0.29) is 28.8 Å². The van der Waals surface area contributed by atoms with Gasteiger partial charge in [0.2, 0.25) is 11.6 Å². The first-order chi connectivity index (χ1) is 14.3. The zero-order valence-corrected chi connectivity index (χ0v) is 16.2. The molecule has 0 saturated carbocycles. The molecule has 1 aliphatic heterocycles. The minimum Gasteiger partial charge on any atom is -0.493 e. The summed E-state index contributed by atoms with van der Waals surface area (Å²) in [6, 6.07) is 8.29. The van der Waals surface area contributed by atoms with Crippen molar-refractivity contribution in [2.45, 2.75) is 13.8 Å². The Morgan fingerprint density at radius 1 is 1.07 bits per heavy atom. The van der Waals surface area contributed by atoms with Gasteiger partial charge < -0.3 is 18.9 Å².